The zero-order valence-electron chi connectivity index (χ0n) is 8.58. The number of nitrogens with zero attached hydrogens (tertiary/aromatic N) is 2. The first kappa shape index (κ1) is 10.5. The first-order valence-corrected chi connectivity index (χ1v) is 4.80. The molecule has 0 saturated heterocycles. The number of ketones is 1. The molecule has 1 rings (SSSR count). The minimum atomic E-state index is 0.0163. The predicted molar refractivity (Wildman–Crippen MR) is 54.1 cm³/mol. The lowest BCUT2D eigenvalue weighted by molar-refractivity contribution is 0.100. The Bertz CT molecular complexity index is 371. The number of Topliss-reactive ketones (excluding diaryl/α,β-unsaturated/α-hetero) is 1. The Balaban J connectivity index is 2.95. The highest BCUT2D eigenvalue weighted by Gasteiger charge is 2.08. The van der Waals surface area contributed by atoms with Gasteiger partial charge in [-0.05, 0) is 12.5 Å². The number of aromatic nitrogens is 1. The van der Waals surface area contributed by atoms with Gasteiger partial charge in [0, 0.05) is 19.7 Å². The molecule has 1 aromatic heterocycles. The second-order valence-corrected chi connectivity index (χ2v) is 3.33. The van der Waals surface area contributed by atoms with Gasteiger partial charge in [0.25, 0.3) is 0 Å². The number of nitriles is 1. The Morgan fingerprint density at radius 1 is 1.64 bits per heavy atom. The van der Waals surface area contributed by atoms with E-state index < -0.39 is 0 Å². The van der Waals surface area contributed by atoms with Crippen molar-refractivity contribution in [2.24, 2.45) is 0 Å². The van der Waals surface area contributed by atoms with Gasteiger partial charge in [-0.25, -0.2) is 0 Å². The first-order valence-electron chi connectivity index (χ1n) is 4.80. The smallest absolute Gasteiger partial charge is 0.176 e. The van der Waals surface area contributed by atoms with Crippen LogP contribution in [0.5, 0.6) is 0 Å². The monoisotopic (exact) mass is 190 g/mol. The summed E-state index contributed by atoms with van der Waals surface area (Å²) in [6, 6.07) is 3.70. The summed E-state index contributed by atoms with van der Waals surface area (Å²) in [5.74, 6) is 0.0163. The molecule has 0 N–H and O–H groups in total. The van der Waals surface area contributed by atoms with E-state index in [1.165, 1.54) is 6.92 Å². The second kappa shape index (κ2) is 4.61. The average molecular weight is 190 g/mol. The van der Waals surface area contributed by atoms with Crippen LogP contribution in [0.4, 0.5) is 0 Å². The molecule has 0 aliphatic heterocycles. The number of hydrogen-bond donors (Lipinski definition) is 0. The summed E-state index contributed by atoms with van der Waals surface area (Å²) in [6.45, 7) is 4.44. The number of carbonyl (C=O) groups excluding carboxylic acids is 1. The maximum Gasteiger partial charge on any atom is 0.176 e. The van der Waals surface area contributed by atoms with Crippen molar-refractivity contribution >= 4 is 5.78 Å². The van der Waals surface area contributed by atoms with Gasteiger partial charge in [0.2, 0.25) is 0 Å². The predicted octanol–water partition coefficient (Wildman–Crippen LogP) is 2.36. The average Bonchev–Trinajstić information content (AvgIpc) is 2.58. The summed E-state index contributed by atoms with van der Waals surface area (Å²) in [5, 5.41) is 8.71. The normalized spacial score (nSPS) is 9.79. The van der Waals surface area contributed by atoms with Gasteiger partial charge in [-0.2, -0.15) is 5.26 Å². The summed E-state index contributed by atoms with van der Waals surface area (Å²) in [7, 11) is 0. The Hall–Kier alpha value is -1.56. The Kier molecular flexibility index (Phi) is 3.47. The molecule has 0 radical (unpaired) electrons. The standard InChI is InChI=1S/C11H14N2O/c1-3-4-5-13-8-10(7-12)6-11(13)9(2)14/h6,8H,3-5H2,1-2H3. The van der Waals surface area contributed by atoms with Crippen LogP contribution in [0.15, 0.2) is 12.3 Å². The van der Waals surface area contributed by atoms with E-state index in [0.717, 1.165) is 19.4 Å². The van der Waals surface area contributed by atoms with E-state index in [1.54, 1.807) is 12.3 Å². The van der Waals surface area contributed by atoms with Gasteiger partial charge in [-0.15, -0.1) is 0 Å². The van der Waals surface area contributed by atoms with E-state index in [9.17, 15) is 4.79 Å². The molecule has 0 unspecified atom stereocenters. The zero-order valence-corrected chi connectivity index (χ0v) is 8.58. The van der Waals surface area contributed by atoms with Crippen molar-refractivity contribution in [1.29, 1.82) is 5.26 Å². The van der Waals surface area contributed by atoms with Gasteiger partial charge in [0.1, 0.15) is 6.07 Å². The number of aryl methyl sites for hydroxylation is 1. The fourth-order valence-corrected chi connectivity index (χ4v) is 1.38. The largest absolute Gasteiger partial charge is 0.344 e. The first-order chi connectivity index (χ1) is 6.69. The van der Waals surface area contributed by atoms with Crippen molar-refractivity contribution in [3.63, 3.8) is 0 Å². The highest BCUT2D eigenvalue weighted by atomic mass is 16.1. The van der Waals surface area contributed by atoms with E-state index >= 15 is 0 Å². The summed E-state index contributed by atoms with van der Waals surface area (Å²) in [4.78, 5) is 11.2. The SMILES string of the molecule is CCCCn1cc(C#N)cc1C(C)=O. The van der Waals surface area contributed by atoms with Crippen LogP contribution in [0.25, 0.3) is 0 Å². The molecule has 0 aliphatic rings. The van der Waals surface area contributed by atoms with Gasteiger partial charge in [-0.1, -0.05) is 13.3 Å². The highest BCUT2D eigenvalue weighted by Crippen LogP contribution is 2.10. The van der Waals surface area contributed by atoms with Crippen LogP contribution >= 0.6 is 0 Å². The summed E-state index contributed by atoms with van der Waals surface area (Å²) < 4.78 is 1.87. The van der Waals surface area contributed by atoms with Crippen molar-refractivity contribution in [2.45, 2.75) is 33.2 Å². The van der Waals surface area contributed by atoms with Crippen LogP contribution in [0, 0.1) is 11.3 Å². The van der Waals surface area contributed by atoms with E-state index in [-0.39, 0.29) is 5.78 Å². The molecule has 3 nitrogen and oxygen atoms in total. The van der Waals surface area contributed by atoms with Gasteiger partial charge in [0.05, 0.1) is 11.3 Å². The van der Waals surface area contributed by atoms with Crippen molar-refractivity contribution < 1.29 is 4.79 Å². The number of carbonyl (C=O) groups is 1. The fraction of sp³-hybridized carbons (Fsp3) is 0.455. The van der Waals surface area contributed by atoms with Crippen LogP contribution in [-0.2, 0) is 6.54 Å². The highest BCUT2D eigenvalue weighted by molar-refractivity contribution is 5.93. The lowest BCUT2D eigenvalue weighted by atomic mass is 10.2. The van der Waals surface area contributed by atoms with Crippen LogP contribution in [-0.4, -0.2) is 10.4 Å². The van der Waals surface area contributed by atoms with Crippen molar-refractivity contribution in [3.8, 4) is 6.07 Å². The van der Waals surface area contributed by atoms with Gasteiger partial charge < -0.3 is 4.57 Å². The molecule has 0 saturated carbocycles. The third-order valence-corrected chi connectivity index (χ3v) is 2.14. The van der Waals surface area contributed by atoms with Crippen LogP contribution in [0.3, 0.4) is 0 Å². The Labute approximate surface area is 84.0 Å². The topological polar surface area (TPSA) is 45.8 Å². The number of rotatable bonds is 4. The molecule has 1 heterocycles. The van der Waals surface area contributed by atoms with E-state index in [4.69, 9.17) is 5.26 Å². The molecule has 0 spiro atoms. The quantitative estimate of drug-likeness (QED) is 0.684. The van der Waals surface area contributed by atoms with Crippen molar-refractivity contribution in [2.75, 3.05) is 0 Å². The lowest BCUT2D eigenvalue weighted by Gasteiger charge is -2.04. The second-order valence-electron chi connectivity index (χ2n) is 3.33. The summed E-state index contributed by atoms with van der Waals surface area (Å²) in [5.41, 5.74) is 1.20. The Morgan fingerprint density at radius 3 is 2.86 bits per heavy atom. The van der Waals surface area contributed by atoms with Crippen molar-refractivity contribution in [1.82, 2.24) is 4.57 Å². The lowest BCUT2D eigenvalue weighted by Crippen LogP contribution is -2.05. The molecule has 0 fully saturated rings. The molecule has 0 aliphatic carbocycles. The van der Waals surface area contributed by atoms with Gasteiger partial charge in [-0.3, -0.25) is 4.79 Å². The van der Waals surface area contributed by atoms with Crippen LogP contribution in [0.1, 0.15) is 42.7 Å². The van der Waals surface area contributed by atoms with Crippen LogP contribution < -0.4 is 0 Å². The summed E-state index contributed by atoms with van der Waals surface area (Å²) >= 11 is 0. The number of unbranched alkanes of at least 4 members (excludes halogenated alkanes) is 1. The molecule has 74 valence electrons. The molecule has 1 aromatic rings. The van der Waals surface area contributed by atoms with Crippen molar-refractivity contribution in [3.05, 3.63) is 23.5 Å². The van der Waals surface area contributed by atoms with E-state index in [0.29, 0.717) is 11.3 Å². The third-order valence-electron chi connectivity index (χ3n) is 2.14. The third kappa shape index (κ3) is 2.23. The van der Waals surface area contributed by atoms with Gasteiger partial charge in [0.15, 0.2) is 5.78 Å². The minimum Gasteiger partial charge on any atom is -0.344 e. The molecule has 0 aromatic carbocycles. The van der Waals surface area contributed by atoms with Crippen LogP contribution in [0.2, 0.25) is 0 Å². The number of hydrogen-bond acceptors (Lipinski definition) is 2. The molecule has 0 atom stereocenters. The summed E-state index contributed by atoms with van der Waals surface area (Å²) in [6.07, 6.45) is 3.85. The molecule has 0 amide bonds. The zero-order chi connectivity index (χ0) is 10.6. The molecule has 14 heavy (non-hydrogen) atoms. The maximum atomic E-state index is 11.2. The maximum absolute atomic E-state index is 11.2. The Morgan fingerprint density at radius 2 is 2.36 bits per heavy atom. The minimum absolute atomic E-state index is 0.0163. The fourth-order valence-electron chi connectivity index (χ4n) is 1.38. The molecule has 0 bridgehead atoms. The van der Waals surface area contributed by atoms with E-state index in [2.05, 4.69) is 6.92 Å². The van der Waals surface area contributed by atoms with Gasteiger partial charge >= 0.3 is 0 Å². The molecule has 3 heteroatoms. The molecular weight excluding hydrogens is 176 g/mol. The molecular formula is C11H14N2O. The van der Waals surface area contributed by atoms with E-state index in [1.807, 2.05) is 10.6 Å².